The second-order valence-corrected chi connectivity index (χ2v) is 4.66. The van der Waals surface area contributed by atoms with E-state index < -0.39 is 0 Å². The molecule has 0 unspecified atom stereocenters. The summed E-state index contributed by atoms with van der Waals surface area (Å²) in [5, 5.41) is 8.57. The molecule has 0 bridgehead atoms. The molecule has 1 aliphatic heterocycles. The first-order valence-electron chi connectivity index (χ1n) is 7.22. The maximum absolute atomic E-state index is 9.48. The lowest BCUT2D eigenvalue weighted by molar-refractivity contribution is 0.198. The fraction of sp³-hybridized carbons (Fsp3) is 0.929. The number of hydrogen-bond donors (Lipinski definition) is 1. The molecule has 1 fully saturated rings. The summed E-state index contributed by atoms with van der Waals surface area (Å²) < 4.78 is 0. The number of unbranched alkanes of at least 4 members (excludes halogenated alkanes) is 2. The third-order valence-corrected chi connectivity index (χ3v) is 3.02. The number of aliphatic imine (C=N–C) groups is 1. The van der Waals surface area contributed by atoms with Gasteiger partial charge in [0.2, 0.25) is 6.08 Å². The lowest BCUT2D eigenvalue weighted by Gasteiger charge is -2.25. The first kappa shape index (κ1) is 17.3. The second-order valence-electron chi connectivity index (χ2n) is 4.66. The number of piperidine rings is 1. The molecule has 0 saturated carbocycles. The van der Waals surface area contributed by atoms with Crippen LogP contribution in [0.25, 0.3) is 0 Å². The number of hydrogen-bond acceptors (Lipinski definition) is 4. The third kappa shape index (κ3) is 11.8. The minimum atomic E-state index is 0.344. The van der Waals surface area contributed by atoms with Crippen LogP contribution < -0.4 is 0 Å². The van der Waals surface area contributed by atoms with Crippen molar-refractivity contribution in [3.8, 4) is 0 Å². The summed E-state index contributed by atoms with van der Waals surface area (Å²) in [6, 6.07) is 0. The van der Waals surface area contributed by atoms with Crippen LogP contribution in [0.1, 0.15) is 51.9 Å². The Hall–Kier alpha value is -0.700. The molecule has 4 heteroatoms. The minimum Gasteiger partial charge on any atom is -0.396 e. The van der Waals surface area contributed by atoms with Gasteiger partial charge in [0, 0.05) is 13.2 Å². The SMILES string of the molecule is CCCCCN=C=O.OCCCN1CCCCC1. The molecule has 4 nitrogen and oxygen atoms in total. The van der Waals surface area contributed by atoms with Crippen LogP contribution >= 0.6 is 0 Å². The second kappa shape index (κ2) is 14.4. The largest absolute Gasteiger partial charge is 0.396 e. The normalized spacial score (nSPS) is 15.4. The van der Waals surface area contributed by atoms with Gasteiger partial charge in [-0.2, -0.15) is 0 Å². The van der Waals surface area contributed by atoms with Crippen LogP contribution in [-0.4, -0.2) is 48.9 Å². The zero-order valence-electron chi connectivity index (χ0n) is 11.7. The van der Waals surface area contributed by atoms with Gasteiger partial charge in [0.25, 0.3) is 0 Å². The molecule has 1 N–H and O–H groups in total. The number of aliphatic hydroxyl groups is 1. The van der Waals surface area contributed by atoms with Gasteiger partial charge in [-0.3, -0.25) is 0 Å². The predicted molar refractivity (Wildman–Crippen MR) is 74.5 cm³/mol. The summed E-state index contributed by atoms with van der Waals surface area (Å²) in [4.78, 5) is 15.3. The van der Waals surface area contributed by atoms with E-state index in [1.807, 2.05) is 0 Å². The standard InChI is InChI=1S/C8H17NO.C6H11NO/c10-8-4-7-9-5-2-1-3-6-9;1-2-3-4-5-7-6-8/h10H,1-8H2;2-5H2,1H3. The number of aliphatic hydroxyl groups excluding tert-OH is 1. The zero-order chi connectivity index (χ0) is 13.5. The first-order chi connectivity index (χ1) is 8.85. The molecule has 1 saturated heterocycles. The van der Waals surface area contributed by atoms with Gasteiger partial charge < -0.3 is 10.0 Å². The van der Waals surface area contributed by atoms with Crippen LogP contribution in [0.4, 0.5) is 0 Å². The third-order valence-electron chi connectivity index (χ3n) is 3.02. The van der Waals surface area contributed by atoms with Gasteiger partial charge >= 0.3 is 0 Å². The molecule has 1 rings (SSSR count). The van der Waals surface area contributed by atoms with Crippen LogP contribution in [0, 0.1) is 0 Å². The molecule has 1 heterocycles. The lowest BCUT2D eigenvalue weighted by Crippen LogP contribution is -2.30. The molecule has 106 valence electrons. The average Bonchev–Trinajstić information content (AvgIpc) is 2.43. The smallest absolute Gasteiger partial charge is 0.234 e. The summed E-state index contributed by atoms with van der Waals surface area (Å²) in [5.41, 5.74) is 0. The Bertz CT molecular complexity index is 210. The van der Waals surface area contributed by atoms with Crippen LogP contribution in [0.5, 0.6) is 0 Å². The first-order valence-corrected chi connectivity index (χ1v) is 7.22. The summed E-state index contributed by atoms with van der Waals surface area (Å²) in [6.07, 6.45) is 9.90. The molecule has 0 atom stereocenters. The Morgan fingerprint density at radius 1 is 1.17 bits per heavy atom. The van der Waals surface area contributed by atoms with Crippen molar-refractivity contribution in [1.29, 1.82) is 0 Å². The molecule has 0 aromatic rings. The Morgan fingerprint density at radius 3 is 2.44 bits per heavy atom. The van der Waals surface area contributed by atoms with Crippen molar-refractivity contribution in [3.63, 3.8) is 0 Å². The molecular weight excluding hydrogens is 228 g/mol. The van der Waals surface area contributed by atoms with Gasteiger partial charge in [0.15, 0.2) is 0 Å². The molecule has 0 amide bonds. The van der Waals surface area contributed by atoms with E-state index in [2.05, 4.69) is 16.8 Å². The highest BCUT2D eigenvalue weighted by atomic mass is 16.3. The lowest BCUT2D eigenvalue weighted by atomic mass is 10.1. The van der Waals surface area contributed by atoms with Gasteiger partial charge in [-0.05, 0) is 38.8 Å². The maximum Gasteiger partial charge on any atom is 0.234 e. The molecular formula is C14H28N2O2. The highest BCUT2D eigenvalue weighted by Crippen LogP contribution is 2.08. The summed E-state index contributed by atoms with van der Waals surface area (Å²) in [6.45, 7) is 6.70. The Balaban J connectivity index is 0.000000331. The molecule has 0 aromatic carbocycles. The van der Waals surface area contributed by atoms with E-state index in [0.717, 1.165) is 25.8 Å². The van der Waals surface area contributed by atoms with E-state index in [1.165, 1.54) is 44.9 Å². The summed E-state index contributed by atoms with van der Waals surface area (Å²) in [7, 11) is 0. The Labute approximate surface area is 111 Å². The predicted octanol–water partition coefficient (Wildman–Crippen LogP) is 2.37. The molecule has 0 aliphatic carbocycles. The van der Waals surface area contributed by atoms with Crippen molar-refractivity contribution in [3.05, 3.63) is 0 Å². The van der Waals surface area contributed by atoms with Crippen LogP contribution in [0.15, 0.2) is 4.99 Å². The summed E-state index contributed by atoms with van der Waals surface area (Å²) >= 11 is 0. The van der Waals surface area contributed by atoms with Crippen molar-refractivity contribution in [1.82, 2.24) is 4.90 Å². The van der Waals surface area contributed by atoms with Crippen molar-refractivity contribution in [2.75, 3.05) is 32.8 Å². The van der Waals surface area contributed by atoms with Crippen LogP contribution in [0.3, 0.4) is 0 Å². The zero-order valence-corrected chi connectivity index (χ0v) is 11.7. The molecule has 0 radical (unpaired) electrons. The minimum absolute atomic E-state index is 0.344. The number of rotatable bonds is 7. The van der Waals surface area contributed by atoms with Gasteiger partial charge in [-0.25, -0.2) is 9.79 Å². The van der Waals surface area contributed by atoms with E-state index in [0.29, 0.717) is 13.2 Å². The van der Waals surface area contributed by atoms with Gasteiger partial charge in [0.1, 0.15) is 0 Å². The van der Waals surface area contributed by atoms with Crippen molar-refractivity contribution >= 4 is 6.08 Å². The topological polar surface area (TPSA) is 52.9 Å². The van der Waals surface area contributed by atoms with E-state index in [9.17, 15) is 4.79 Å². The summed E-state index contributed by atoms with van der Waals surface area (Å²) in [5.74, 6) is 0. The number of likely N-dealkylation sites (tertiary alicyclic amines) is 1. The fourth-order valence-corrected chi connectivity index (χ4v) is 1.96. The fourth-order valence-electron chi connectivity index (χ4n) is 1.96. The van der Waals surface area contributed by atoms with Crippen molar-refractivity contribution in [2.45, 2.75) is 51.9 Å². The Morgan fingerprint density at radius 2 is 1.89 bits per heavy atom. The van der Waals surface area contributed by atoms with Gasteiger partial charge in [0.05, 0.1) is 6.54 Å². The van der Waals surface area contributed by atoms with Gasteiger partial charge in [-0.15, -0.1) is 0 Å². The van der Waals surface area contributed by atoms with Crippen molar-refractivity contribution in [2.24, 2.45) is 4.99 Å². The van der Waals surface area contributed by atoms with Gasteiger partial charge in [-0.1, -0.05) is 26.2 Å². The number of isocyanates is 1. The van der Waals surface area contributed by atoms with Crippen LogP contribution in [0.2, 0.25) is 0 Å². The molecule has 0 aromatic heterocycles. The highest BCUT2D eigenvalue weighted by molar-refractivity contribution is 5.32. The maximum atomic E-state index is 9.48. The van der Waals surface area contributed by atoms with E-state index in [1.54, 1.807) is 0 Å². The van der Waals surface area contributed by atoms with E-state index in [4.69, 9.17) is 5.11 Å². The quantitative estimate of drug-likeness (QED) is 0.432. The van der Waals surface area contributed by atoms with Crippen LogP contribution in [-0.2, 0) is 4.79 Å². The Kier molecular flexibility index (Phi) is 13.8. The number of carbonyl (C=O) groups excluding carboxylic acids is 1. The molecule has 1 aliphatic rings. The van der Waals surface area contributed by atoms with E-state index >= 15 is 0 Å². The monoisotopic (exact) mass is 256 g/mol. The average molecular weight is 256 g/mol. The molecule has 0 spiro atoms. The molecule has 18 heavy (non-hydrogen) atoms. The van der Waals surface area contributed by atoms with E-state index in [-0.39, 0.29) is 0 Å². The highest BCUT2D eigenvalue weighted by Gasteiger charge is 2.07. The van der Waals surface area contributed by atoms with Crippen molar-refractivity contribution < 1.29 is 9.90 Å². The number of nitrogens with zero attached hydrogens (tertiary/aromatic N) is 2.